The number of aromatic hydroxyl groups is 1. The monoisotopic (exact) mass is 378 g/mol. The first-order valence-electron chi connectivity index (χ1n) is 9.79. The molecule has 27 heavy (non-hydrogen) atoms. The molecule has 1 amide bonds. The molecule has 2 rings (SSSR count). The zero-order valence-corrected chi connectivity index (χ0v) is 17.5. The summed E-state index contributed by atoms with van der Waals surface area (Å²) in [5.74, 6) is 0.669. The maximum absolute atomic E-state index is 11.9. The minimum atomic E-state index is -0.536. The summed E-state index contributed by atoms with van der Waals surface area (Å²) >= 11 is 0. The van der Waals surface area contributed by atoms with Crippen LogP contribution in [0.1, 0.15) is 77.5 Å². The van der Waals surface area contributed by atoms with E-state index in [9.17, 15) is 9.90 Å². The number of amides is 1. The molecule has 0 bridgehead atoms. The number of carbonyl (C=O) groups excluding carboxylic acids is 1. The Morgan fingerprint density at radius 2 is 2.00 bits per heavy atom. The fourth-order valence-corrected chi connectivity index (χ4v) is 3.39. The van der Waals surface area contributed by atoms with E-state index in [4.69, 9.17) is 9.47 Å². The number of carbonyl (C=O) groups is 1. The van der Waals surface area contributed by atoms with Gasteiger partial charge in [0.05, 0.1) is 18.5 Å². The average Bonchev–Trinajstić information content (AvgIpc) is 2.99. The highest BCUT2D eigenvalue weighted by Gasteiger charge is 2.30. The van der Waals surface area contributed by atoms with Crippen LogP contribution in [-0.4, -0.2) is 34.9 Å². The van der Waals surface area contributed by atoms with Crippen LogP contribution in [0.3, 0.4) is 0 Å². The molecule has 1 aromatic rings. The Balaban J connectivity index is 2.08. The Labute approximate surface area is 162 Å². The first kappa shape index (κ1) is 21.3. The van der Waals surface area contributed by atoms with Crippen molar-refractivity contribution < 1.29 is 19.4 Å². The van der Waals surface area contributed by atoms with Crippen LogP contribution in [0.25, 0.3) is 0 Å². The number of hydrogen-bond donors (Lipinski definition) is 2. The lowest BCUT2D eigenvalue weighted by Crippen LogP contribution is -2.34. The van der Waals surface area contributed by atoms with E-state index in [2.05, 4.69) is 17.2 Å². The first-order valence-corrected chi connectivity index (χ1v) is 9.79. The quantitative estimate of drug-likeness (QED) is 0.751. The van der Waals surface area contributed by atoms with Crippen molar-refractivity contribution in [3.63, 3.8) is 0 Å². The minimum Gasteiger partial charge on any atom is -0.506 e. The molecule has 1 aromatic heterocycles. The van der Waals surface area contributed by atoms with Crippen molar-refractivity contribution >= 4 is 6.09 Å². The minimum absolute atomic E-state index is 0.0804. The summed E-state index contributed by atoms with van der Waals surface area (Å²) in [7, 11) is 0. The lowest BCUT2D eigenvalue weighted by molar-refractivity contribution is 0.0524. The number of hydrogen-bond acceptors (Lipinski definition) is 5. The van der Waals surface area contributed by atoms with Gasteiger partial charge >= 0.3 is 6.09 Å². The molecule has 0 aliphatic heterocycles. The Bertz CT molecular complexity index is 661. The standard InChI is InChI=1S/C21H34N2O4/c1-14(11-23-19(25)27-20(3,4)5)17-18(15(2)16(24)12-22-17)26-13-21(6)9-7-8-10-21/h12,14,24H,7-11,13H2,1-6H3,(H,23,25). The van der Waals surface area contributed by atoms with Gasteiger partial charge in [-0.3, -0.25) is 4.98 Å². The van der Waals surface area contributed by atoms with Crippen LogP contribution in [0.4, 0.5) is 4.79 Å². The molecular formula is C21H34N2O4. The summed E-state index contributed by atoms with van der Waals surface area (Å²) in [5, 5.41) is 12.9. The highest BCUT2D eigenvalue weighted by Crippen LogP contribution is 2.40. The van der Waals surface area contributed by atoms with E-state index in [1.807, 2.05) is 34.6 Å². The molecule has 0 aromatic carbocycles. The Hall–Kier alpha value is -1.98. The van der Waals surface area contributed by atoms with E-state index in [0.717, 1.165) is 18.5 Å². The predicted octanol–water partition coefficient (Wildman–Crippen LogP) is 4.68. The van der Waals surface area contributed by atoms with Crippen LogP contribution in [-0.2, 0) is 4.74 Å². The molecule has 1 heterocycles. The molecule has 2 N–H and O–H groups in total. The smallest absolute Gasteiger partial charge is 0.407 e. The highest BCUT2D eigenvalue weighted by atomic mass is 16.6. The molecular weight excluding hydrogens is 344 g/mol. The normalized spacial score (nSPS) is 17.4. The van der Waals surface area contributed by atoms with Gasteiger partial charge in [0.15, 0.2) is 0 Å². The van der Waals surface area contributed by atoms with E-state index in [-0.39, 0.29) is 17.1 Å². The maximum atomic E-state index is 11.9. The lowest BCUT2D eigenvalue weighted by atomic mass is 9.90. The van der Waals surface area contributed by atoms with Crippen LogP contribution >= 0.6 is 0 Å². The summed E-state index contributed by atoms with van der Waals surface area (Å²) in [6.45, 7) is 12.5. The second-order valence-corrected chi connectivity index (χ2v) is 9.07. The highest BCUT2D eigenvalue weighted by molar-refractivity contribution is 5.67. The number of nitrogens with one attached hydrogen (secondary N) is 1. The molecule has 1 aliphatic carbocycles. The molecule has 0 radical (unpaired) electrons. The second kappa shape index (κ2) is 8.36. The summed E-state index contributed by atoms with van der Waals surface area (Å²) in [6.07, 6.45) is 5.78. The van der Waals surface area contributed by atoms with E-state index in [0.29, 0.717) is 24.5 Å². The van der Waals surface area contributed by atoms with Crippen molar-refractivity contribution in [1.82, 2.24) is 10.3 Å². The maximum Gasteiger partial charge on any atom is 0.407 e. The molecule has 0 spiro atoms. The van der Waals surface area contributed by atoms with E-state index in [1.54, 1.807) is 0 Å². The topological polar surface area (TPSA) is 80.7 Å². The molecule has 1 unspecified atom stereocenters. The predicted molar refractivity (Wildman–Crippen MR) is 105 cm³/mol. The summed E-state index contributed by atoms with van der Waals surface area (Å²) < 4.78 is 11.5. The van der Waals surface area contributed by atoms with Gasteiger partial charge in [-0.2, -0.15) is 0 Å². The molecule has 1 atom stereocenters. The van der Waals surface area contributed by atoms with Crippen molar-refractivity contribution in [3.8, 4) is 11.5 Å². The van der Waals surface area contributed by atoms with Crippen molar-refractivity contribution in [2.45, 2.75) is 78.7 Å². The van der Waals surface area contributed by atoms with Gasteiger partial charge in [-0.1, -0.05) is 26.7 Å². The molecule has 6 nitrogen and oxygen atoms in total. The fourth-order valence-electron chi connectivity index (χ4n) is 3.39. The summed E-state index contributed by atoms with van der Waals surface area (Å²) in [6, 6.07) is 0. The molecule has 6 heteroatoms. The largest absolute Gasteiger partial charge is 0.506 e. The zero-order valence-electron chi connectivity index (χ0n) is 17.5. The van der Waals surface area contributed by atoms with Gasteiger partial charge in [0.2, 0.25) is 0 Å². The fraction of sp³-hybridized carbons (Fsp3) is 0.714. The number of nitrogens with zero attached hydrogens (tertiary/aromatic N) is 1. The Morgan fingerprint density at radius 3 is 2.59 bits per heavy atom. The van der Waals surface area contributed by atoms with Gasteiger partial charge in [-0.15, -0.1) is 0 Å². The summed E-state index contributed by atoms with van der Waals surface area (Å²) in [5.41, 5.74) is 1.06. The number of pyridine rings is 1. The second-order valence-electron chi connectivity index (χ2n) is 9.07. The number of alkyl carbamates (subject to hydrolysis) is 1. The van der Waals surface area contributed by atoms with Crippen LogP contribution in [0.2, 0.25) is 0 Å². The van der Waals surface area contributed by atoms with E-state index in [1.165, 1.54) is 19.0 Å². The Kier molecular flexibility index (Phi) is 6.60. The number of rotatable bonds is 6. The van der Waals surface area contributed by atoms with E-state index >= 15 is 0 Å². The van der Waals surface area contributed by atoms with Crippen molar-refractivity contribution in [1.29, 1.82) is 0 Å². The zero-order chi connectivity index (χ0) is 20.2. The molecule has 0 saturated heterocycles. The van der Waals surface area contributed by atoms with Crippen molar-refractivity contribution in [3.05, 3.63) is 17.5 Å². The van der Waals surface area contributed by atoms with Gasteiger partial charge in [0, 0.05) is 23.4 Å². The van der Waals surface area contributed by atoms with Crippen LogP contribution < -0.4 is 10.1 Å². The molecule has 152 valence electrons. The van der Waals surface area contributed by atoms with Gasteiger partial charge < -0.3 is 19.9 Å². The summed E-state index contributed by atoms with van der Waals surface area (Å²) in [4.78, 5) is 16.3. The third-order valence-corrected chi connectivity index (χ3v) is 5.08. The van der Waals surface area contributed by atoms with Crippen molar-refractivity contribution in [2.24, 2.45) is 5.41 Å². The molecule has 1 fully saturated rings. The number of aromatic nitrogens is 1. The first-order chi connectivity index (χ1) is 12.5. The van der Waals surface area contributed by atoms with Crippen LogP contribution in [0, 0.1) is 12.3 Å². The molecule has 1 saturated carbocycles. The lowest BCUT2D eigenvalue weighted by Gasteiger charge is -2.26. The van der Waals surface area contributed by atoms with Crippen molar-refractivity contribution in [2.75, 3.05) is 13.2 Å². The number of ether oxygens (including phenoxy) is 2. The SMILES string of the molecule is Cc1c(O)cnc(C(C)CNC(=O)OC(C)(C)C)c1OCC1(C)CCCC1. The van der Waals surface area contributed by atoms with Crippen LogP contribution in [0.15, 0.2) is 6.20 Å². The van der Waals surface area contributed by atoms with Gasteiger partial charge in [-0.25, -0.2) is 4.79 Å². The third kappa shape index (κ3) is 6.01. The van der Waals surface area contributed by atoms with Gasteiger partial charge in [0.1, 0.15) is 17.1 Å². The Morgan fingerprint density at radius 1 is 1.37 bits per heavy atom. The third-order valence-electron chi connectivity index (χ3n) is 5.08. The van der Waals surface area contributed by atoms with Gasteiger partial charge in [0.25, 0.3) is 0 Å². The van der Waals surface area contributed by atoms with Crippen LogP contribution in [0.5, 0.6) is 11.5 Å². The van der Waals surface area contributed by atoms with E-state index < -0.39 is 11.7 Å². The average molecular weight is 379 g/mol. The molecule has 1 aliphatic rings. The van der Waals surface area contributed by atoms with Gasteiger partial charge in [-0.05, 0) is 40.5 Å².